The fourth-order valence-electron chi connectivity index (χ4n) is 2.64. The second kappa shape index (κ2) is 7.55. The molecule has 1 aromatic rings. The van der Waals surface area contributed by atoms with Gasteiger partial charge in [0.1, 0.15) is 0 Å². The van der Waals surface area contributed by atoms with Crippen LogP contribution in [0.4, 0.5) is 5.95 Å². The van der Waals surface area contributed by atoms with E-state index in [0.717, 1.165) is 12.8 Å². The number of anilines is 1. The highest BCUT2D eigenvalue weighted by molar-refractivity contribution is 7.87. The molecule has 11 heteroatoms. The highest BCUT2D eigenvalue weighted by Gasteiger charge is 2.25. The van der Waals surface area contributed by atoms with Crippen LogP contribution in [0.15, 0.2) is 0 Å². The van der Waals surface area contributed by atoms with Crippen molar-refractivity contribution < 1.29 is 17.9 Å². The van der Waals surface area contributed by atoms with Crippen molar-refractivity contribution in [2.24, 2.45) is 0 Å². The van der Waals surface area contributed by atoms with Crippen molar-refractivity contribution >= 4 is 16.2 Å². The summed E-state index contributed by atoms with van der Waals surface area (Å²) in [4.78, 5) is 14.7. The third-order valence-corrected chi connectivity index (χ3v) is 5.50. The van der Waals surface area contributed by atoms with Crippen LogP contribution in [-0.2, 0) is 21.5 Å². The Balaban J connectivity index is 1.72. The highest BCUT2D eigenvalue weighted by Crippen LogP contribution is 2.15. The van der Waals surface area contributed by atoms with Gasteiger partial charge in [0.05, 0.1) is 26.9 Å². The van der Waals surface area contributed by atoms with Gasteiger partial charge in [-0.25, -0.2) is 0 Å². The zero-order valence-corrected chi connectivity index (χ0v) is 14.5. The molecule has 0 saturated carbocycles. The van der Waals surface area contributed by atoms with Gasteiger partial charge in [0, 0.05) is 26.2 Å². The molecule has 0 bridgehead atoms. The summed E-state index contributed by atoms with van der Waals surface area (Å²) < 4.78 is 38.9. The number of rotatable bonds is 6. The fourth-order valence-corrected chi connectivity index (χ4v) is 3.87. The second-order valence-electron chi connectivity index (χ2n) is 5.57. The van der Waals surface area contributed by atoms with Crippen LogP contribution >= 0.6 is 0 Å². The monoisotopic (exact) mass is 358 g/mol. The molecule has 0 atom stereocenters. The first kappa shape index (κ1) is 17.3. The van der Waals surface area contributed by atoms with Crippen LogP contribution in [0.25, 0.3) is 0 Å². The van der Waals surface area contributed by atoms with Crippen LogP contribution in [0.1, 0.15) is 18.7 Å². The first-order chi connectivity index (χ1) is 11.6. The summed E-state index contributed by atoms with van der Waals surface area (Å²) in [5, 5.41) is 0. The van der Waals surface area contributed by atoms with Gasteiger partial charge in [0.25, 0.3) is 10.2 Å². The molecule has 24 heavy (non-hydrogen) atoms. The lowest BCUT2D eigenvalue weighted by atomic mass is 10.4. The Morgan fingerprint density at radius 1 is 1.12 bits per heavy atom. The SMILES string of the molecule is COc1nc(CNS(=O)(=O)N2CCCC2)nc(N2CCOCC2)n1. The maximum atomic E-state index is 12.2. The van der Waals surface area contributed by atoms with Gasteiger partial charge in [0.15, 0.2) is 5.82 Å². The molecule has 1 aromatic heterocycles. The summed E-state index contributed by atoms with van der Waals surface area (Å²) in [5.41, 5.74) is 0. The van der Waals surface area contributed by atoms with Gasteiger partial charge in [-0.2, -0.15) is 32.4 Å². The molecular formula is C13H22N6O4S. The second-order valence-corrected chi connectivity index (χ2v) is 7.33. The van der Waals surface area contributed by atoms with Gasteiger partial charge >= 0.3 is 6.01 Å². The molecule has 3 rings (SSSR count). The molecule has 2 aliphatic heterocycles. The molecule has 0 spiro atoms. The number of hydrogen-bond acceptors (Lipinski definition) is 8. The maximum Gasteiger partial charge on any atom is 0.321 e. The molecule has 2 fully saturated rings. The molecule has 134 valence electrons. The van der Waals surface area contributed by atoms with Crippen LogP contribution in [0.5, 0.6) is 6.01 Å². The van der Waals surface area contributed by atoms with Crippen molar-refractivity contribution in [3.05, 3.63) is 5.82 Å². The van der Waals surface area contributed by atoms with Crippen molar-refractivity contribution in [1.29, 1.82) is 0 Å². The Morgan fingerprint density at radius 2 is 1.83 bits per heavy atom. The van der Waals surface area contributed by atoms with E-state index in [2.05, 4.69) is 19.7 Å². The number of morpholine rings is 1. The fraction of sp³-hybridized carbons (Fsp3) is 0.769. The molecule has 0 aromatic carbocycles. The van der Waals surface area contributed by atoms with Crippen molar-refractivity contribution in [3.63, 3.8) is 0 Å². The normalized spacial score (nSPS) is 19.6. The summed E-state index contributed by atoms with van der Waals surface area (Å²) in [6.07, 6.45) is 1.78. The largest absolute Gasteiger partial charge is 0.467 e. The summed E-state index contributed by atoms with van der Waals surface area (Å²) in [7, 11) is -2.04. The molecule has 2 aliphatic rings. The molecule has 3 heterocycles. The van der Waals surface area contributed by atoms with E-state index in [1.54, 1.807) is 0 Å². The third-order valence-electron chi connectivity index (χ3n) is 3.94. The Morgan fingerprint density at radius 3 is 2.50 bits per heavy atom. The summed E-state index contributed by atoms with van der Waals surface area (Å²) in [5.74, 6) is 0.798. The standard InChI is InChI=1S/C13H22N6O4S/c1-22-13-16-11(10-14-24(20,21)19-4-2-3-5-19)15-12(17-13)18-6-8-23-9-7-18/h14H,2-10H2,1H3. The van der Waals surface area contributed by atoms with E-state index in [1.807, 2.05) is 4.90 Å². The molecule has 0 unspecified atom stereocenters. The van der Waals surface area contributed by atoms with E-state index < -0.39 is 10.2 Å². The lowest BCUT2D eigenvalue weighted by molar-refractivity contribution is 0.122. The van der Waals surface area contributed by atoms with Crippen molar-refractivity contribution in [1.82, 2.24) is 24.0 Å². The van der Waals surface area contributed by atoms with Gasteiger partial charge in [-0.15, -0.1) is 0 Å². The van der Waals surface area contributed by atoms with Crippen LogP contribution in [0.2, 0.25) is 0 Å². The van der Waals surface area contributed by atoms with Gasteiger partial charge < -0.3 is 14.4 Å². The summed E-state index contributed by atoms with van der Waals surface area (Å²) >= 11 is 0. The topological polar surface area (TPSA) is 110 Å². The van der Waals surface area contributed by atoms with E-state index in [9.17, 15) is 8.42 Å². The number of nitrogens with one attached hydrogen (secondary N) is 1. The van der Waals surface area contributed by atoms with Crippen LogP contribution in [0.3, 0.4) is 0 Å². The van der Waals surface area contributed by atoms with Crippen LogP contribution in [-0.4, -0.2) is 74.2 Å². The molecule has 0 radical (unpaired) electrons. The average Bonchev–Trinajstić information content (AvgIpc) is 3.16. The number of nitrogens with zero attached hydrogens (tertiary/aromatic N) is 5. The Labute approximate surface area is 141 Å². The van der Waals surface area contributed by atoms with Gasteiger partial charge in [-0.1, -0.05) is 0 Å². The van der Waals surface area contributed by atoms with Crippen molar-refractivity contribution in [3.8, 4) is 6.01 Å². The zero-order chi connectivity index (χ0) is 17.0. The van der Waals surface area contributed by atoms with Crippen LogP contribution in [0, 0.1) is 0 Å². The smallest absolute Gasteiger partial charge is 0.321 e. The number of aromatic nitrogens is 3. The molecule has 2 saturated heterocycles. The van der Waals surface area contributed by atoms with Gasteiger partial charge in [-0.3, -0.25) is 0 Å². The predicted octanol–water partition coefficient (Wildman–Crippen LogP) is -0.853. The van der Waals surface area contributed by atoms with E-state index in [4.69, 9.17) is 9.47 Å². The minimum Gasteiger partial charge on any atom is -0.467 e. The predicted molar refractivity (Wildman–Crippen MR) is 86.0 cm³/mol. The lowest BCUT2D eigenvalue weighted by Crippen LogP contribution is -2.39. The van der Waals surface area contributed by atoms with E-state index >= 15 is 0 Å². The molecule has 0 aliphatic carbocycles. The Kier molecular flexibility index (Phi) is 5.43. The molecule has 10 nitrogen and oxygen atoms in total. The van der Waals surface area contributed by atoms with E-state index in [0.29, 0.717) is 51.2 Å². The summed E-state index contributed by atoms with van der Waals surface area (Å²) in [6.45, 7) is 3.65. The van der Waals surface area contributed by atoms with Crippen molar-refractivity contribution in [2.75, 3.05) is 51.4 Å². The van der Waals surface area contributed by atoms with E-state index in [1.165, 1.54) is 11.4 Å². The first-order valence-corrected chi connectivity index (χ1v) is 9.39. The van der Waals surface area contributed by atoms with E-state index in [-0.39, 0.29) is 12.6 Å². The quantitative estimate of drug-likeness (QED) is 0.700. The maximum absolute atomic E-state index is 12.2. The highest BCUT2D eigenvalue weighted by atomic mass is 32.2. The first-order valence-electron chi connectivity index (χ1n) is 7.95. The van der Waals surface area contributed by atoms with Gasteiger partial charge in [-0.05, 0) is 12.8 Å². The Bertz CT molecular complexity index is 658. The molecule has 1 N–H and O–H groups in total. The lowest BCUT2D eigenvalue weighted by Gasteiger charge is -2.27. The average molecular weight is 358 g/mol. The van der Waals surface area contributed by atoms with Crippen molar-refractivity contribution in [2.45, 2.75) is 19.4 Å². The molecular weight excluding hydrogens is 336 g/mol. The van der Waals surface area contributed by atoms with Gasteiger partial charge in [0.2, 0.25) is 5.95 Å². The molecule has 0 amide bonds. The number of hydrogen-bond donors (Lipinski definition) is 1. The number of methoxy groups -OCH3 is 1. The minimum atomic E-state index is -3.51. The third kappa shape index (κ3) is 4.09. The summed E-state index contributed by atoms with van der Waals surface area (Å²) in [6, 6.07) is 0.168. The zero-order valence-electron chi connectivity index (χ0n) is 13.6. The Hall–Kier alpha value is -1.56. The number of ether oxygens (including phenoxy) is 2. The van der Waals surface area contributed by atoms with Crippen LogP contribution < -0.4 is 14.4 Å². The minimum absolute atomic E-state index is 0.00491.